The lowest BCUT2D eigenvalue weighted by Crippen LogP contribution is -1.95. The molecule has 2 nitrogen and oxygen atoms in total. The zero-order chi connectivity index (χ0) is 8.97. The van der Waals surface area contributed by atoms with E-state index in [1.807, 2.05) is 31.4 Å². The third kappa shape index (κ3) is 2.01. The minimum atomic E-state index is 0.703. The number of thioether (sulfide) groups is 1. The van der Waals surface area contributed by atoms with Crippen LogP contribution in [0.4, 0.5) is 5.69 Å². The van der Waals surface area contributed by atoms with Gasteiger partial charge in [0.15, 0.2) is 0 Å². The van der Waals surface area contributed by atoms with Crippen LogP contribution in [0.15, 0.2) is 23.1 Å². The lowest BCUT2D eigenvalue weighted by Gasteiger charge is -2.05. The van der Waals surface area contributed by atoms with Crippen LogP contribution in [0.25, 0.3) is 0 Å². The van der Waals surface area contributed by atoms with Gasteiger partial charge in [0, 0.05) is 4.90 Å². The summed E-state index contributed by atoms with van der Waals surface area (Å²) >= 11 is 1.62. The Kier molecular flexibility index (Phi) is 3.17. The van der Waals surface area contributed by atoms with Gasteiger partial charge in [-0.05, 0) is 30.9 Å². The molecule has 0 spiro atoms. The molecule has 0 aliphatic rings. The van der Waals surface area contributed by atoms with Crippen molar-refractivity contribution in [1.82, 2.24) is 0 Å². The molecule has 1 N–H and O–H groups in total. The smallest absolute Gasteiger partial charge is 0.211 e. The van der Waals surface area contributed by atoms with Crippen LogP contribution in [0, 0.1) is 6.92 Å². The van der Waals surface area contributed by atoms with Crippen molar-refractivity contribution in [2.24, 2.45) is 0 Å². The number of anilines is 1. The molecule has 0 bridgehead atoms. The van der Waals surface area contributed by atoms with Crippen LogP contribution in [0.5, 0.6) is 0 Å². The van der Waals surface area contributed by atoms with E-state index in [0.717, 1.165) is 16.1 Å². The summed E-state index contributed by atoms with van der Waals surface area (Å²) in [5, 5.41) is 2.67. The van der Waals surface area contributed by atoms with Crippen LogP contribution in [-0.4, -0.2) is 12.7 Å². The van der Waals surface area contributed by atoms with Gasteiger partial charge in [0.05, 0.1) is 5.69 Å². The first-order valence-corrected chi connectivity index (χ1v) is 4.85. The predicted molar refractivity (Wildman–Crippen MR) is 52.6 cm³/mol. The lowest BCUT2D eigenvalue weighted by molar-refractivity contribution is -0.105. The van der Waals surface area contributed by atoms with Crippen LogP contribution in [-0.2, 0) is 4.79 Å². The first-order chi connectivity index (χ1) is 5.77. The average molecular weight is 181 g/mol. The van der Waals surface area contributed by atoms with E-state index in [1.54, 1.807) is 11.8 Å². The molecule has 0 unspecified atom stereocenters. The Hall–Kier alpha value is -0.960. The molecular weight excluding hydrogens is 170 g/mol. The molecule has 0 aromatic heterocycles. The van der Waals surface area contributed by atoms with E-state index >= 15 is 0 Å². The highest BCUT2D eigenvalue weighted by atomic mass is 32.2. The second kappa shape index (κ2) is 4.16. The molecule has 3 heteroatoms. The monoisotopic (exact) mass is 181 g/mol. The van der Waals surface area contributed by atoms with Crippen LogP contribution < -0.4 is 5.32 Å². The molecule has 0 aliphatic carbocycles. The van der Waals surface area contributed by atoms with E-state index < -0.39 is 0 Å². The number of hydrogen-bond donors (Lipinski definition) is 1. The van der Waals surface area contributed by atoms with Crippen molar-refractivity contribution in [3.63, 3.8) is 0 Å². The summed E-state index contributed by atoms with van der Waals surface area (Å²) in [6.45, 7) is 2.00. The van der Waals surface area contributed by atoms with Crippen LogP contribution in [0.2, 0.25) is 0 Å². The Bertz CT molecular complexity index is 286. The molecular formula is C9H11NOS. The maximum absolute atomic E-state index is 10.2. The standard InChI is InChI=1S/C9H11NOS/c1-7-3-4-9(12-2)8(5-7)10-6-11/h3-6H,1-2H3,(H,10,11). The Balaban J connectivity index is 3.03. The minimum absolute atomic E-state index is 0.703. The van der Waals surface area contributed by atoms with E-state index in [0.29, 0.717) is 6.41 Å². The maximum atomic E-state index is 10.2. The quantitative estimate of drug-likeness (QED) is 0.572. The molecule has 0 fully saturated rings. The number of carbonyl (C=O) groups excluding carboxylic acids is 1. The van der Waals surface area contributed by atoms with Crippen molar-refractivity contribution in [3.8, 4) is 0 Å². The van der Waals surface area contributed by atoms with Gasteiger partial charge in [-0.1, -0.05) is 6.07 Å². The Morgan fingerprint density at radius 1 is 1.50 bits per heavy atom. The first-order valence-electron chi connectivity index (χ1n) is 3.62. The molecule has 1 aromatic carbocycles. The fraction of sp³-hybridized carbons (Fsp3) is 0.222. The normalized spacial score (nSPS) is 9.50. The van der Waals surface area contributed by atoms with Gasteiger partial charge >= 0.3 is 0 Å². The first kappa shape index (κ1) is 9.13. The van der Waals surface area contributed by atoms with Crippen LogP contribution in [0.1, 0.15) is 5.56 Å². The SMILES string of the molecule is CSc1ccc(C)cc1NC=O. The van der Waals surface area contributed by atoms with Gasteiger partial charge in [0.2, 0.25) is 6.41 Å². The number of aryl methyl sites for hydroxylation is 1. The fourth-order valence-corrected chi connectivity index (χ4v) is 1.54. The minimum Gasteiger partial charge on any atom is -0.328 e. The highest BCUT2D eigenvalue weighted by molar-refractivity contribution is 7.98. The summed E-state index contributed by atoms with van der Waals surface area (Å²) in [7, 11) is 0. The predicted octanol–water partition coefficient (Wildman–Crippen LogP) is 2.29. The van der Waals surface area contributed by atoms with Crippen LogP contribution >= 0.6 is 11.8 Å². The number of rotatable bonds is 3. The lowest BCUT2D eigenvalue weighted by atomic mass is 10.2. The molecule has 1 rings (SSSR count). The van der Waals surface area contributed by atoms with Gasteiger partial charge in [0.1, 0.15) is 0 Å². The molecule has 12 heavy (non-hydrogen) atoms. The van der Waals surface area contributed by atoms with E-state index in [4.69, 9.17) is 0 Å². The largest absolute Gasteiger partial charge is 0.328 e. The zero-order valence-electron chi connectivity index (χ0n) is 7.13. The van der Waals surface area contributed by atoms with Gasteiger partial charge in [0.25, 0.3) is 0 Å². The second-order valence-electron chi connectivity index (χ2n) is 2.47. The van der Waals surface area contributed by atoms with Crippen molar-refractivity contribution in [1.29, 1.82) is 0 Å². The Labute approximate surface area is 76.4 Å². The van der Waals surface area contributed by atoms with Crippen molar-refractivity contribution in [2.45, 2.75) is 11.8 Å². The van der Waals surface area contributed by atoms with Crippen molar-refractivity contribution in [2.75, 3.05) is 11.6 Å². The summed E-state index contributed by atoms with van der Waals surface area (Å²) in [6, 6.07) is 5.99. The van der Waals surface area contributed by atoms with E-state index in [-0.39, 0.29) is 0 Å². The molecule has 0 saturated heterocycles. The van der Waals surface area contributed by atoms with Crippen molar-refractivity contribution in [3.05, 3.63) is 23.8 Å². The van der Waals surface area contributed by atoms with Gasteiger partial charge in [-0.25, -0.2) is 0 Å². The van der Waals surface area contributed by atoms with E-state index in [1.165, 1.54) is 0 Å². The number of benzene rings is 1. The summed E-state index contributed by atoms with van der Waals surface area (Å²) in [5.74, 6) is 0. The van der Waals surface area contributed by atoms with Gasteiger partial charge in [-0.2, -0.15) is 0 Å². The molecule has 1 amide bonds. The molecule has 0 aliphatic heterocycles. The highest BCUT2D eigenvalue weighted by Crippen LogP contribution is 2.25. The summed E-state index contributed by atoms with van der Waals surface area (Å²) in [6.07, 6.45) is 2.69. The Morgan fingerprint density at radius 2 is 2.25 bits per heavy atom. The third-order valence-corrected chi connectivity index (χ3v) is 2.37. The van der Waals surface area contributed by atoms with E-state index in [2.05, 4.69) is 5.32 Å². The summed E-state index contributed by atoms with van der Waals surface area (Å²) < 4.78 is 0. The molecule has 64 valence electrons. The van der Waals surface area contributed by atoms with E-state index in [9.17, 15) is 4.79 Å². The molecule has 0 atom stereocenters. The second-order valence-corrected chi connectivity index (χ2v) is 3.31. The Morgan fingerprint density at radius 3 is 2.83 bits per heavy atom. The average Bonchev–Trinajstić information content (AvgIpc) is 2.05. The molecule has 0 saturated carbocycles. The van der Waals surface area contributed by atoms with Gasteiger partial charge in [-0.15, -0.1) is 11.8 Å². The summed E-state index contributed by atoms with van der Waals surface area (Å²) in [4.78, 5) is 11.3. The third-order valence-electron chi connectivity index (χ3n) is 1.57. The van der Waals surface area contributed by atoms with Crippen LogP contribution in [0.3, 0.4) is 0 Å². The zero-order valence-corrected chi connectivity index (χ0v) is 7.94. The number of nitrogens with one attached hydrogen (secondary N) is 1. The summed E-state index contributed by atoms with van der Waals surface area (Å²) in [5.41, 5.74) is 2.04. The molecule has 1 aromatic rings. The van der Waals surface area contributed by atoms with Gasteiger partial charge < -0.3 is 5.32 Å². The molecule has 0 heterocycles. The number of amides is 1. The highest BCUT2D eigenvalue weighted by Gasteiger charge is 1.99. The van der Waals surface area contributed by atoms with Crippen molar-refractivity contribution < 1.29 is 4.79 Å². The fourth-order valence-electron chi connectivity index (χ4n) is 0.998. The molecule has 0 radical (unpaired) electrons. The maximum Gasteiger partial charge on any atom is 0.211 e. The number of carbonyl (C=O) groups is 1. The van der Waals surface area contributed by atoms with Gasteiger partial charge in [-0.3, -0.25) is 4.79 Å². The van der Waals surface area contributed by atoms with Crippen molar-refractivity contribution >= 4 is 23.9 Å². The topological polar surface area (TPSA) is 29.1 Å². The number of hydrogen-bond acceptors (Lipinski definition) is 2.